The van der Waals surface area contributed by atoms with Gasteiger partial charge in [-0.05, 0) is 31.8 Å². The van der Waals surface area contributed by atoms with Crippen molar-refractivity contribution in [2.24, 2.45) is 5.92 Å². The zero-order valence-corrected chi connectivity index (χ0v) is 7.76. The Labute approximate surface area is 69.5 Å². The van der Waals surface area contributed by atoms with Crippen LogP contribution in [0.2, 0.25) is 0 Å². The molecule has 0 saturated carbocycles. The van der Waals surface area contributed by atoms with E-state index in [1.807, 2.05) is 6.08 Å². The van der Waals surface area contributed by atoms with Gasteiger partial charge in [0.05, 0.1) is 0 Å². The van der Waals surface area contributed by atoms with E-state index >= 15 is 0 Å². The first kappa shape index (κ1) is 10.4. The molecule has 0 radical (unpaired) electrons. The highest BCUT2D eigenvalue weighted by molar-refractivity contribution is 5.87. The van der Waals surface area contributed by atoms with Crippen LogP contribution in [0.4, 0.5) is 0 Å². The summed E-state index contributed by atoms with van der Waals surface area (Å²) in [6.45, 7) is 5.92. The molecule has 11 heavy (non-hydrogen) atoms. The highest BCUT2D eigenvalue weighted by atomic mass is 16.1. The van der Waals surface area contributed by atoms with Crippen LogP contribution in [0.5, 0.6) is 0 Å². The van der Waals surface area contributed by atoms with Crippen LogP contribution in [0, 0.1) is 5.92 Å². The average Bonchev–Trinajstić information content (AvgIpc) is 1.97. The van der Waals surface area contributed by atoms with Crippen molar-refractivity contribution in [1.29, 1.82) is 0 Å². The summed E-state index contributed by atoms with van der Waals surface area (Å²) in [6, 6.07) is 0. The summed E-state index contributed by atoms with van der Waals surface area (Å²) < 4.78 is 0. The number of allylic oxidation sites excluding steroid dienone is 2. The fourth-order valence-electron chi connectivity index (χ4n) is 1.08. The second kappa shape index (κ2) is 6.14. The number of hydrogen-bond acceptors (Lipinski definition) is 1. The first-order valence-corrected chi connectivity index (χ1v) is 4.39. The van der Waals surface area contributed by atoms with Crippen molar-refractivity contribution in [2.45, 2.75) is 40.0 Å². The van der Waals surface area contributed by atoms with Crippen LogP contribution in [0.15, 0.2) is 12.2 Å². The molecule has 0 aromatic carbocycles. The molecule has 1 heteroatoms. The predicted molar refractivity (Wildman–Crippen MR) is 48.5 cm³/mol. The largest absolute Gasteiger partial charge is 0.295 e. The quantitative estimate of drug-likeness (QED) is 0.556. The molecule has 0 saturated heterocycles. The highest BCUT2D eigenvalue weighted by Crippen LogP contribution is 2.11. The number of carbonyl (C=O) groups is 1. The fraction of sp³-hybridized carbons (Fsp3) is 0.700. The lowest BCUT2D eigenvalue weighted by molar-refractivity contribution is -0.112. The van der Waals surface area contributed by atoms with E-state index in [0.29, 0.717) is 5.92 Å². The van der Waals surface area contributed by atoms with E-state index in [4.69, 9.17) is 0 Å². The van der Waals surface area contributed by atoms with E-state index in [1.165, 1.54) is 12.8 Å². The summed E-state index contributed by atoms with van der Waals surface area (Å²) in [4.78, 5) is 10.6. The molecule has 1 unspecified atom stereocenters. The summed E-state index contributed by atoms with van der Waals surface area (Å²) in [5.41, 5.74) is 0. The highest BCUT2D eigenvalue weighted by Gasteiger charge is 1.98. The second-order valence-electron chi connectivity index (χ2n) is 2.93. The molecule has 0 fully saturated rings. The molecule has 0 aromatic rings. The SMILES string of the molecule is CCCC(C=CC(C)=O)CC. The Kier molecular flexibility index (Phi) is 5.81. The van der Waals surface area contributed by atoms with E-state index in [9.17, 15) is 4.79 Å². The van der Waals surface area contributed by atoms with E-state index in [2.05, 4.69) is 13.8 Å². The fourth-order valence-corrected chi connectivity index (χ4v) is 1.08. The average molecular weight is 154 g/mol. The van der Waals surface area contributed by atoms with Gasteiger partial charge in [0.1, 0.15) is 0 Å². The van der Waals surface area contributed by atoms with Gasteiger partial charge >= 0.3 is 0 Å². The number of hydrogen-bond donors (Lipinski definition) is 0. The van der Waals surface area contributed by atoms with Crippen molar-refractivity contribution in [1.82, 2.24) is 0 Å². The number of ketones is 1. The minimum absolute atomic E-state index is 0.152. The predicted octanol–water partition coefficient (Wildman–Crippen LogP) is 2.96. The van der Waals surface area contributed by atoms with Gasteiger partial charge in [0, 0.05) is 0 Å². The van der Waals surface area contributed by atoms with Crippen molar-refractivity contribution in [3.05, 3.63) is 12.2 Å². The lowest BCUT2D eigenvalue weighted by Crippen LogP contribution is -1.94. The third-order valence-electron chi connectivity index (χ3n) is 1.79. The van der Waals surface area contributed by atoms with Crippen LogP contribution >= 0.6 is 0 Å². The Morgan fingerprint density at radius 1 is 1.45 bits per heavy atom. The molecule has 0 aliphatic rings. The molecule has 64 valence electrons. The van der Waals surface area contributed by atoms with Gasteiger partial charge in [-0.25, -0.2) is 0 Å². The zero-order chi connectivity index (χ0) is 8.69. The molecule has 0 bridgehead atoms. The summed E-state index contributed by atoms with van der Waals surface area (Å²) in [7, 11) is 0. The molecule has 0 heterocycles. The minimum Gasteiger partial charge on any atom is -0.295 e. The molecule has 0 amide bonds. The van der Waals surface area contributed by atoms with E-state index in [0.717, 1.165) is 6.42 Å². The van der Waals surface area contributed by atoms with Gasteiger partial charge < -0.3 is 0 Å². The monoisotopic (exact) mass is 154 g/mol. The maximum absolute atomic E-state index is 10.6. The Balaban J connectivity index is 3.76. The van der Waals surface area contributed by atoms with Crippen molar-refractivity contribution in [3.8, 4) is 0 Å². The summed E-state index contributed by atoms with van der Waals surface area (Å²) in [5.74, 6) is 0.753. The smallest absolute Gasteiger partial charge is 0.152 e. The lowest BCUT2D eigenvalue weighted by Gasteiger charge is -2.06. The molecule has 0 rings (SSSR count). The Hall–Kier alpha value is -0.590. The van der Waals surface area contributed by atoms with E-state index in [-0.39, 0.29) is 5.78 Å². The Morgan fingerprint density at radius 3 is 2.45 bits per heavy atom. The molecule has 0 aliphatic carbocycles. The van der Waals surface area contributed by atoms with Gasteiger partial charge in [-0.1, -0.05) is 26.3 Å². The van der Waals surface area contributed by atoms with Crippen molar-refractivity contribution < 1.29 is 4.79 Å². The van der Waals surface area contributed by atoms with Crippen molar-refractivity contribution in [3.63, 3.8) is 0 Å². The van der Waals surface area contributed by atoms with Gasteiger partial charge in [0.25, 0.3) is 0 Å². The van der Waals surface area contributed by atoms with E-state index < -0.39 is 0 Å². The second-order valence-corrected chi connectivity index (χ2v) is 2.93. The van der Waals surface area contributed by atoms with Gasteiger partial charge in [0.15, 0.2) is 5.78 Å². The normalized spacial score (nSPS) is 13.7. The molecule has 0 N–H and O–H groups in total. The molecule has 0 aromatic heterocycles. The lowest BCUT2D eigenvalue weighted by atomic mass is 10.00. The topological polar surface area (TPSA) is 17.1 Å². The standard InChI is InChI=1S/C10H18O/c1-4-6-10(5-2)8-7-9(3)11/h7-8,10H,4-6H2,1-3H3. The van der Waals surface area contributed by atoms with Crippen molar-refractivity contribution >= 4 is 5.78 Å². The first-order chi connectivity index (χ1) is 5.20. The molecular formula is C10H18O. The van der Waals surface area contributed by atoms with E-state index in [1.54, 1.807) is 13.0 Å². The van der Waals surface area contributed by atoms with Crippen LogP contribution in [0.3, 0.4) is 0 Å². The summed E-state index contributed by atoms with van der Waals surface area (Å²) >= 11 is 0. The first-order valence-electron chi connectivity index (χ1n) is 4.39. The maximum Gasteiger partial charge on any atom is 0.152 e. The van der Waals surface area contributed by atoms with Gasteiger partial charge in [-0.3, -0.25) is 4.79 Å². The van der Waals surface area contributed by atoms with Crippen molar-refractivity contribution in [2.75, 3.05) is 0 Å². The van der Waals surface area contributed by atoms with Crippen LogP contribution in [-0.2, 0) is 4.79 Å². The molecule has 0 aliphatic heterocycles. The van der Waals surface area contributed by atoms with Gasteiger partial charge in [-0.2, -0.15) is 0 Å². The van der Waals surface area contributed by atoms with Crippen LogP contribution in [0.25, 0.3) is 0 Å². The molecule has 0 spiro atoms. The third kappa shape index (κ3) is 5.84. The Morgan fingerprint density at radius 2 is 2.09 bits per heavy atom. The maximum atomic E-state index is 10.6. The minimum atomic E-state index is 0.152. The van der Waals surface area contributed by atoms with Gasteiger partial charge in [0.2, 0.25) is 0 Å². The molecular weight excluding hydrogens is 136 g/mol. The zero-order valence-electron chi connectivity index (χ0n) is 7.76. The number of rotatable bonds is 5. The molecule has 1 atom stereocenters. The Bertz CT molecular complexity index is 136. The number of carbonyl (C=O) groups excluding carboxylic acids is 1. The summed E-state index contributed by atoms with van der Waals surface area (Å²) in [6.07, 6.45) is 7.24. The van der Waals surface area contributed by atoms with Crippen LogP contribution < -0.4 is 0 Å². The summed E-state index contributed by atoms with van der Waals surface area (Å²) in [5, 5.41) is 0. The van der Waals surface area contributed by atoms with Crippen LogP contribution in [0.1, 0.15) is 40.0 Å². The van der Waals surface area contributed by atoms with Gasteiger partial charge in [-0.15, -0.1) is 0 Å². The molecule has 1 nitrogen and oxygen atoms in total. The third-order valence-corrected chi connectivity index (χ3v) is 1.79. The van der Waals surface area contributed by atoms with Crippen LogP contribution in [-0.4, -0.2) is 5.78 Å².